The van der Waals surface area contributed by atoms with Gasteiger partial charge in [-0.3, -0.25) is 0 Å². The number of rotatable bonds is 7. The second-order valence-corrected chi connectivity index (χ2v) is 5.25. The average Bonchev–Trinajstić information content (AvgIpc) is 2.31. The van der Waals surface area contributed by atoms with Crippen LogP contribution in [0, 0.1) is 0 Å². The lowest BCUT2D eigenvalue weighted by Gasteiger charge is -2.15. The maximum absolute atomic E-state index is 5.85. The first-order valence-corrected chi connectivity index (χ1v) is 7.02. The van der Waals surface area contributed by atoms with E-state index >= 15 is 0 Å². The second kappa shape index (κ2) is 7.86. The lowest BCUT2D eigenvalue weighted by molar-refractivity contribution is 0.559. The third-order valence-corrected chi connectivity index (χ3v) is 3.56. The second-order valence-electron chi connectivity index (χ2n) is 4.33. The van der Waals surface area contributed by atoms with Crippen molar-refractivity contribution in [3.63, 3.8) is 0 Å². The molecule has 0 aliphatic carbocycles. The first kappa shape index (κ1) is 13.7. The Morgan fingerprint density at radius 2 is 1.81 bits per heavy atom. The lowest BCUT2D eigenvalue weighted by atomic mass is 9.93. The molecule has 16 heavy (non-hydrogen) atoms. The summed E-state index contributed by atoms with van der Waals surface area (Å²) < 4.78 is 1.14. The van der Waals surface area contributed by atoms with E-state index in [1.54, 1.807) is 0 Å². The molecule has 0 spiro atoms. The molecule has 0 saturated carbocycles. The predicted octanol–water partition coefficient (Wildman–Crippen LogP) is 4.46. The van der Waals surface area contributed by atoms with E-state index in [4.69, 9.17) is 5.73 Å². The molecule has 1 unspecified atom stereocenters. The fourth-order valence-electron chi connectivity index (χ4n) is 1.97. The fraction of sp³-hybridized carbons (Fsp3) is 0.571. The van der Waals surface area contributed by atoms with Crippen LogP contribution in [0.4, 0.5) is 0 Å². The quantitative estimate of drug-likeness (QED) is 0.735. The molecule has 0 fully saturated rings. The molecule has 1 aromatic rings. The summed E-state index contributed by atoms with van der Waals surface area (Å²) in [6.07, 6.45) is 6.50. The molecule has 0 bridgehead atoms. The van der Waals surface area contributed by atoms with Crippen molar-refractivity contribution in [3.05, 3.63) is 34.3 Å². The standard InChI is InChI=1S/C14H22BrN/c1-2-3-4-5-6-13(11-16)12-7-9-14(15)10-8-12/h7-10,13H,2-6,11,16H2,1H3. The van der Waals surface area contributed by atoms with Crippen molar-refractivity contribution in [3.8, 4) is 0 Å². The summed E-state index contributed by atoms with van der Waals surface area (Å²) >= 11 is 3.46. The average molecular weight is 284 g/mol. The first-order valence-electron chi connectivity index (χ1n) is 6.23. The van der Waals surface area contributed by atoms with Gasteiger partial charge in [0.15, 0.2) is 0 Å². The highest BCUT2D eigenvalue weighted by Crippen LogP contribution is 2.23. The molecule has 0 radical (unpaired) electrons. The Morgan fingerprint density at radius 1 is 1.12 bits per heavy atom. The van der Waals surface area contributed by atoms with Crippen LogP contribution in [0.3, 0.4) is 0 Å². The summed E-state index contributed by atoms with van der Waals surface area (Å²) in [5, 5.41) is 0. The minimum atomic E-state index is 0.532. The largest absolute Gasteiger partial charge is 0.330 e. The number of benzene rings is 1. The Bertz CT molecular complexity index is 281. The highest BCUT2D eigenvalue weighted by molar-refractivity contribution is 9.10. The molecule has 1 nitrogen and oxygen atoms in total. The van der Waals surface area contributed by atoms with Crippen molar-refractivity contribution in [1.29, 1.82) is 0 Å². The fourth-order valence-corrected chi connectivity index (χ4v) is 2.24. The molecule has 1 rings (SSSR count). The van der Waals surface area contributed by atoms with Crippen molar-refractivity contribution in [2.24, 2.45) is 5.73 Å². The number of hydrogen-bond acceptors (Lipinski definition) is 1. The van der Waals surface area contributed by atoms with E-state index < -0.39 is 0 Å². The third-order valence-electron chi connectivity index (χ3n) is 3.03. The molecule has 0 saturated heterocycles. The topological polar surface area (TPSA) is 26.0 Å². The third kappa shape index (κ3) is 4.67. The minimum Gasteiger partial charge on any atom is -0.330 e. The van der Waals surface area contributed by atoms with Crippen LogP contribution in [0.25, 0.3) is 0 Å². The van der Waals surface area contributed by atoms with E-state index in [0.29, 0.717) is 5.92 Å². The number of hydrogen-bond donors (Lipinski definition) is 1. The van der Waals surface area contributed by atoms with Crippen LogP contribution >= 0.6 is 15.9 Å². The summed E-state index contributed by atoms with van der Waals surface area (Å²) in [5.41, 5.74) is 7.22. The number of unbranched alkanes of at least 4 members (excludes halogenated alkanes) is 3. The Morgan fingerprint density at radius 3 is 2.38 bits per heavy atom. The van der Waals surface area contributed by atoms with Gasteiger partial charge in [0.25, 0.3) is 0 Å². The van der Waals surface area contributed by atoms with Crippen LogP contribution in [0.2, 0.25) is 0 Å². The molecule has 0 aliphatic rings. The molecule has 1 atom stereocenters. The SMILES string of the molecule is CCCCCCC(CN)c1ccc(Br)cc1. The van der Waals surface area contributed by atoms with Gasteiger partial charge in [0.2, 0.25) is 0 Å². The smallest absolute Gasteiger partial charge is 0.0175 e. The molecule has 0 amide bonds. The van der Waals surface area contributed by atoms with E-state index in [1.165, 1.54) is 37.7 Å². The zero-order valence-electron chi connectivity index (χ0n) is 10.1. The number of halogens is 1. The minimum absolute atomic E-state index is 0.532. The van der Waals surface area contributed by atoms with Crippen LogP contribution in [-0.2, 0) is 0 Å². The highest BCUT2D eigenvalue weighted by Gasteiger charge is 2.08. The van der Waals surface area contributed by atoms with Gasteiger partial charge < -0.3 is 5.73 Å². The Kier molecular flexibility index (Phi) is 6.74. The maximum atomic E-state index is 5.85. The van der Waals surface area contributed by atoms with Crippen LogP contribution in [0.5, 0.6) is 0 Å². The Balaban J connectivity index is 2.44. The molecule has 90 valence electrons. The van der Waals surface area contributed by atoms with Crippen LogP contribution in [0.15, 0.2) is 28.7 Å². The van der Waals surface area contributed by atoms with E-state index in [9.17, 15) is 0 Å². The van der Waals surface area contributed by atoms with Gasteiger partial charge in [-0.25, -0.2) is 0 Å². The molecule has 1 aromatic carbocycles. The summed E-state index contributed by atoms with van der Waals surface area (Å²) in [6.45, 7) is 3.00. The molecule has 0 aromatic heterocycles. The van der Waals surface area contributed by atoms with Crippen LogP contribution in [0.1, 0.15) is 50.5 Å². The van der Waals surface area contributed by atoms with Gasteiger partial charge in [-0.2, -0.15) is 0 Å². The van der Waals surface area contributed by atoms with Crippen LogP contribution < -0.4 is 5.73 Å². The van der Waals surface area contributed by atoms with Gasteiger partial charge in [-0.05, 0) is 36.6 Å². The number of nitrogens with two attached hydrogens (primary N) is 1. The normalized spacial score (nSPS) is 12.7. The zero-order chi connectivity index (χ0) is 11.8. The molecule has 2 heteroatoms. The van der Waals surface area contributed by atoms with Gasteiger partial charge in [-0.1, -0.05) is 60.7 Å². The van der Waals surface area contributed by atoms with E-state index in [-0.39, 0.29) is 0 Å². The maximum Gasteiger partial charge on any atom is 0.0175 e. The molecular formula is C14H22BrN. The van der Waals surface area contributed by atoms with E-state index in [1.807, 2.05) is 0 Å². The van der Waals surface area contributed by atoms with Crippen molar-refractivity contribution >= 4 is 15.9 Å². The van der Waals surface area contributed by atoms with Gasteiger partial charge in [0, 0.05) is 4.47 Å². The molecule has 0 heterocycles. The van der Waals surface area contributed by atoms with E-state index in [2.05, 4.69) is 47.1 Å². The first-order chi connectivity index (χ1) is 7.77. The molecular weight excluding hydrogens is 262 g/mol. The van der Waals surface area contributed by atoms with Gasteiger partial charge in [-0.15, -0.1) is 0 Å². The van der Waals surface area contributed by atoms with Crippen molar-refractivity contribution in [2.75, 3.05) is 6.54 Å². The van der Waals surface area contributed by atoms with Gasteiger partial charge >= 0.3 is 0 Å². The summed E-state index contributed by atoms with van der Waals surface area (Å²) in [7, 11) is 0. The Hall–Kier alpha value is -0.340. The predicted molar refractivity (Wildman–Crippen MR) is 74.7 cm³/mol. The Labute approximate surface area is 108 Å². The summed E-state index contributed by atoms with van der Waals surface area (Å²) in [6, 6.07) is 8.57. The summed E-state index contributed by atoms with van der Waals surface area (Å²) in [5.74, 6) is 0.532. The van der Waals surface area contributed by atoms with Gasteiger partial charge in [0.05, 0.1) is 0 Å². The van der Waals surface area contributed by atoms with Crippen molar-refractivity contribution < 1.29 is 0 Å². The van der Waals surface area contributed by atoms with Crippen molar-refractivity contribution in [1.82, 2.24) is 0 Å². The van der Waals surface area contributed by atoms with E-state index in [0.717, 1.165) is 11.0 Å². The summed E-state index contributed by atoms with van der Waals surface area (Å²) in [4.78, 5) is 0. The van der Waals surface area contributed by atoms with Crippen LogP contribution in [-0.4, -0.2) is 6.54 Å². The zero-order valence-corrected chi connectivity index (χ0v) is 11.7. The van der Waals surface area contributed by atoms with Crippen molar-refractivity contribution in [2.45, 2.75) is 44.9 Å². The van der Waals surface area contributed by atoms with Gasteiger partial charge in [0.1, 0.15) is 0 Å². The molecule has 0 aliphatic heterocycles. The molecule has 2 N–H and O–H groups in total. The lowest BCUT2D eigenvalue weighted by Crippen LogP contribution is -2.12. The highest BCUT2D eigenvalue weighted by atomic mass is 79.9. The monoisotopic (exact) mass is 283 g/mol.